The third kappa shape index (κ3) is 10.1. The zero-order valence-corrected chi connectivity index (χ0v) is 24.7. The molecule has 9 heteroatoms. The van der Waals surface area contributed by atoms with Gasteiger partial charge >= 0.3 is 5.97 Å². The molecule has 0 amide bonds. The van der Waals surface area contributed by atoms with Gasteiger partial charge in [0.2, 0.25) is 4.80 Å². The Morgan fingerprint density at radius 1 is 0.846 bits per heavy atom. The second-order valence-electron chi connectivity index (χ2n) is 10.1. The number of carboxylic acids is 1. The zero-order valence-electron chi connectivity index (χ0n) is 23.1. The molecule has 0 unspecified atom stereocenters. The van der Waals surface area contributed by atoms with Crippen molar-refractivity contribution < 1.29 is 18.3 Å². The van der Waals surface area contributed by atoms with Gasteiger partial charge in [-0.25, -0.2) is 4.79 Å². The summed E-state index contributed by atoms with van der Waals surface area (Å²) in [6.45, 7) is 3.02. The number of nitrogens with zero attached hydrogens (tertiary/aromatic N) is 2. The highest BCUT2D eigenvalue weighted by Gasteiger charge is 2.16. The molecule has 0 aliphatic carbocycles. The van der Waals surface area contributed by atoms with Gasteiger partial charge in [0, 0.05) is 6.54 Å². The number of aryl methyl sites for hydroxylation is 1. The molecule has 3 aromatic rings. The van der Waals surface area contributed by atoms with Gasteiger partial charge in [0.15, 0.2) is 0 Å². The molecule has 0 saturated heterocycles. The van der Waals surface area contributed by atoms with Crippen LogP contribution in [0.25, 0.3) is 10.2 Å². The van der Waals surface area contributed by atoms with E-state index in [1.165, 1.54) is 107 Å². The lowest BCUT2D eigenvalue weighted by Crippen LogP contribution is -2.25. The number of nitrogens with one attached hydrogen (secondary N) is 1. The summed E-state index contributed by atoms with van der Waals surface area (Å²) in [5.74, 6) is -1.18. The SMILES string of the molecule is CCCCCCCCCCCCCCCCn1/c(=N\NS(=O)(=O)c2cccc(C(=O)O)c2)sc2ccccc21. The number of fused-ring (bicyclic) bond motifs is 1. The highest BCUT2D eigenvalue weighted by molar-refractivity contribution is 7.89. The Morgan fingerprint density at radius 3 is 2.05 bits per heavy atom. The molecule has 1 aromatic heterocycles. The lowest BCUT2D eigenvalue weighted by Gasteiger charge is -2.07. The van der Waals surface area contributed by atoms with E-state index in [9.17, 15) is 18.3 Å². The van der Waals surface area contributed by atoms with E-state index in [4.69, 9.17) is 0 Å². The molecule has 0 spiro atoms. The molecule has 1 heterocycles. The van der Waals surface area contributed by atoms with Crippen LogP contribution in [0.3, 0.4) is 0 Å². The van der Waals surface area contributed by atoms with Crippen molar-refractivity contribution >= 4 is 37.5 Å². The smallest absolute Gasteiger partial charge is 0.335 e. The molecule has 0 fully saturated rings. The Bertz CT molecular complexity index is 1350. The standard InChI is InChI=1S/C30H43N3O4S2/c1-2-3-4-5-6-7-8-9-10-11-12-13-14-17-23-33-27-21-15-16-22-28(27)38-30(33)31-32-39(36,37)26-20-18-19-25(24-26)29(34)35/h15-16,18-22,24,32H,2-14,17,23H2,1H3,(H,34,35)/b31-30+. The van der Waals surface area contributed by atoms with E-state index >= 15 is 0 Å². The number of unbranched alkanes of at least 4 members (excludes halogenated alkanes) is 13. The highest BCUT2D eigenvalue weighted by atomic mass is 32.2. The van der Waals surface area contributed by atoms with Crippen LogP contribution in [0.4, 0.5) is 0 Å². The Kier molecular flexibility index (Phi) is 13.0. The summed E-state index contributed by atoms with van der Waals surface area (Å²) in [5, 5.41) is 13.4. The molecule has 0 bridgehead atoms. The number of hydrogen-bond donors (Lipinski definition) is 2. The number of aromatic nitrogens is 1. The number of benzene rings is 2. The third-order valence-corrected chi connectivity index (χ3v) is 9.24. The second-order valence-corrected chi connectivity index (χ2v) is 12.8. The maximum atomic E-state index is 12.8. The molecule has 7 nitrogen and oxygen atoms in total. The molecule has 214 valence electrons. The predicted molar refractivity (Wildman–Crippen MR) is 159 cm³/mol. The normalized spacial score (nSPS) is 12.3. The molecule has 3 rings (SSSR count). The van der Waals surface area contributed by atoms with E-state index in [0.717, 1.165) is 35.7 Å². The number of carboxylic acid groups (broad SMARTS) is 1. The number of aromatic carboxylic acids is 1. The van der Waals surface area contributed by atoms with E-state index in [1.54, 1.807) is 0 Å². The minimum atomic E-state index is -4.01. The molecule has 0 atom stereocenters. The molecule has 0 aliphatic rings. The van der Waals surface area contributed by atoms with Crippen LogP contribution < -0.4 is 9.63 Å². The van der Waals surface area contributed by atoms with Crippen LogP contribution in [0.1, 0.15) is 107 Å². The van der Waals surface area contributed by atoms with Crippen LogP contribution in [-0.4, -0.2) is 24.1 Å². The zero-order chi connectivity index (χ0) is 27.9. The number of carbonyl (C=O) groups is 1. The molecule has 0 saturated carbocycles. The van der Waals surface area contributed by atoms with Crippen molar-refractivity contribution in [3.63, 3.8) is 0 Å². The van der Waals surface area contributed by atoms with Gasteiger partial charge in [-0.1, -0.05) is 120 Å². The van der Waals surface area contributed by atoms with Crippen molar-refractivity contribution in [2.75, 3.05) is 0 Å². The number of para-hydroxylation sites is 1. The first-order valence-electron chi connectivity index (χ1n) is 14.4. The summed E-state index contributed by atoms with van der Waals surface area (Å²) in [7, 11) is -4.01. The van der Waals surface area contributed by atoms with Gasteiger partial charge in [0.25, 0.3) is 10.0 Å². The van der Waals surface area contributed by atoms with Crippen LogP contribution in [-0.2, 0) is 16.6 Å². The Morgan fingerprint density at radius 2 is 1.44 bits per heavy atom. The summed E-state index contributed by atoms with van der Waals surface area (Å²) >= 11 is 1.43. The second kappa shape index (κ2) is 16.5. The number of sulfonamides is 1. The van der Waals surface area contributed by atoms with Crippen molar-refractivity contribution in [3.8, 4) is 0 Å². The first kappa shape index (κ1) is 30.9. The number of hydrogen-bond acceptors (Lipinski definition) is 5. The highest BCUT2D eigenvalue weighted by Crippen LogP contribution is 2.19. The van der Waals surface area contributed by atoms with Crippen LogP contribution in [0, 0.1) is 0 Å². The summed E-state index contributed by atoms with van der Waals surface area (Å²) in [6, 6.07) is 13.2. The van der Waals surface area contributed by atoms with E-state index < -0.39 is 16.0 Å². The van der Waals surface area contributed by atoms with Crippen molar-refractivity contribution in [2.45, 2.75) is 108 Å². The van der Waals surface area contributed by atoms with Crippen molar-refractivity contribution in [1.29, 1.82) is 0 Å². The monoisotopic (exact) mass is 573 g/mol. The maximum Gasteiger partial charge on any atom is 0.335 e. The number of thiazole rings is 1. The Balaban J connectivity index is 1.48. The van der Waals surface area contributed by atoms with Gasteiger partial charge in [-0.15, -0.1) is 5.10 Å². The van der Waals surface area contributed by atoms with Gasteiger partial charge in [-0.3, -0.25) is 0 Å². The quantitative estimate of drug-likeness (QED) is 0.113. The average molecular weight is 574 g/mol. The molecule has 39 heavy (non-hydrogen) atoms. The summed E-state index contributed by atoms with van der Waals surface area (Å²) in [4.78, 5) is 14.0. The minimum absolute atomic E-state index is 0.0902. The minimum Gasteiger partial charge on any atom is -0.478 e. The van der Waals surface area contributed by atoms with Crippen LogP contribution >= 0.6 is 11.3 Å². The number of rotatable bonds is 19. The van der Waals surface area contributed by atoms with Crippen LogP contribution in [0.15, 0.2) is 58.5 Å². The van der Waals surface area contributed by atoms with Crippen molar-refractivity contribution in [2.24, 2.45) is 5.10 Å². The summed E-state index contributed by atoms with van der Waals surface area (Å²) in [6.07, 6.45) is 18.2. The predicted octanol–water partition coefficient (Wildman–Crippen LogP) is 7.68. The molecule has 2 N–H and O–H groups in total. The summed E-state index contributed by atoms with van der Waals surface area (Å²) < 4.78 is 28.7. The molecular weight excluding hydrogens is 530 g/mol. The maximum absolute atomic E-state index is 12.8. The van der Waals surface area contributed by atoms with Gasteiger partial charge in [-0.05, 0) is 36.8 Å². The fourth-order valence-corrected chi connectivity index (χ4v) is 6.66. The fourth-order valence-electron chi connectivity index (χ4n) is 4.73. The van der Waals surface area contributed by atoms with Crippen LogP contribution in [0.2, 0.25) is 0 Å². The van der Waals surface area contributed by atoms with Gasteiger partial charge in [-0.2, -0.15) is 13.2 Å². The Hall–Kier alpha value is -2.65. The van der Waals surface area contributed by atoms with Gasteiger partial charge in [0.1, 0.15) is 0 Å². The lowest BCUT2D eigenvalue weighted by atomic mass is 10.0. The van der Waals surface area contributed by atoms with Crippen LogP contribution in [0.5, 0.6) is 0 Å². The van der Waals surface area contributed by atoms with Gasteiger partial charge < -0.3 is 9.67 Å². The lowest BCUT2D eigenvalue weighted by molar-refractivity contribution is 0.0696. The average Bonchev–Trinajstić information content (AvgIpc) is 3.29. The van der Waals surface area contributed by atoms with Gasteiger partial charge in [0.05, 0.1) is 20.7 Å². The molecule has 0 aliphatic heterocycles. The third-order valence-electron chi connectivity index (χ3n) is 6.98. The molecule has 0 radical (unpaired) electrons. The van der Waals surface area contributed by atoms with E-state index in [0.29, 0.717) is 4.80 Å². The Labute approximate surface area is 237 Å². The summed E-state index contributed by atoms with van der Waals surface area (Å²) in [5.41, 5.74) is 0.940. The largest absolute Gasteiger partial charge is 0.478 e. The van der Waals surface area contributed by atoms with E-state index in [1.807, 2.05) is 24.3 Å². The van der Waals surface area contributed by atoms with Crippen molar-refractivity contribution in [1.82, 2.24) is 9.40 Å². The first-order chi connectivity index (χ1) is 18.9. The van der Waals surface area contributed by atoms with E-state index in [2.05, 4.69) is 21.4 Å². The topological polar surface area (TPSA) is 101 Å². The molecular formula is C30H43N3O4S2. The van der Waals surface area contributed by atoms with Crippen molar-refractivity contribution in [3.05, 3.63) is 58.9 Å². The fraction of sp³-hybridized carbons (Fsp3) is 0.533. The first-order valence-corrected chi connectivity index (χ1v) is 16.7. The van der Waals surface area contributed by atoms with E-state index in [-0.39, 0.29) is 10.5 Å². The molecule has 2 aromatic carbocycles.